The van der Waals surface area contributed by atoms with E-state index in [1.807, 2.05) is 37.3 Å². The van der Waals surface area contributed by atoms with Crippen LogP contribution in [-0.2, 0) is 32.6 Å². The first-order valence-electron chi connectivity index (χ1n) is 14.4. The van der Waals surface area contributed by atoms with Gasteiger partial charge in [0, 0.05) is 25.1 Å². The summed E-state index contributed by atoms with van der Waals surface area (Å²) in [5.74, 6) is -1.38. The molecule has 1 N–H and O–H groups in total. The lowest BCUT2D eigenvalue weighted by Crippen LogP contribution is -2.53. The lowest BCUT2D eigenvalue weighted by Gasteiger charge is -2.34. The van der Waals surface area contributed by atoms with E-state index in [0.717, 1.165) is 9.87 Å². The number of methoxy groups -OCH3 is 1. The maximum Gasteiger partial charge on any atom is 0.264 e. The van der Waals surface area contributed by atoms with Gasteiger partial charge in [0.05, 0.1) is 22.7 Å². The molecule has 0 aliphatic heterocycles. The van der Waals surface area contributed by atoms with E-state index < -0.39 is 40.2 Å². The molecule has 0 unspecified atom stereocenters. The molecule has 8 nitrogen and oxygen atoms in total. The van der Waals surface area contributed by atoms with Gasteiger partial charge in [0.15, 0.2) is 0 Å². The van der Waals surface area contributed by atoms with Crippen molar-refractivity contribution in [1.82, 2.24) is 10.2 Å². The average Bonchev–Trinajstić information content (AvgIpc) is 3.05. The molecule has 0 aromatic heterocycles. The van der Waals surface area contributed by atoms with Crippen molar-refractivity contribution in [2.24, 2.45) is 0 Å². The second kappa shape index (κ2) is 15.5. The predicted molar refractivity (Wildman–Crippen MR) is 173 cm³/mol. The number of rotatable bonds is 14. The zero-order chi connectivity index (χ0) is 32.4. The maximum atomic E-state index is 15.0. The Morgan fingerprint density at radius 3 is 2.20 bits per heavy atom. The number of nitrogens with one attached hydrogen (secondary N) is 1. The number of nitrogens with zero attached hydrogens (tertiary/aromatic N) is 2. The summed E-state index contributed by atoms with van der Waals surface area (Å²) in [6.45, 7) is 1.30. The minimum absolute atomic E-state index is 0.0491. The predicted octanol–water partition coefficient (Wildman–Crippen LogP) is 5.85. The molecule has 4 aromatic carbocycles. The Morgan fingerprint density at radius 2 is 1.58 bits per heavy atom. The van der Waals surface area contributed by atoms with Gasteiger partial charge in [-0.2, -0.15) is 0 Å². The summed E-state index contributed by atoms with van der Waals surface area (Å²) in [5.41, 5.74) is 1.06. The first kappa shape index (κ1) is 33.5. The molecular weight excluding hydrogens is 617 g/mol. The number of amides is 2. The number of carbonyl (C=O) groups excluding carboxylic acids is 2. The van der Waals surface area contributed by atoms with Gasteiger partial charge in [-0.25, -0.2) is 12.8 Å². The third kappa shape index (κ3) is 8.40. The summed E-state index contributed by atoms with van der Waals surface area (Å²) in [6, 6.07) is 26.1. The average molecular weight is 652 g/mol. The van der Waals surface area contributed by atoms with Crippen LogP contribution in [0.1, 0.15) is 24.5 Å². The SMILES string of the molecule is CCCNC(=O)[C@H](Cc1ccccc1)N(Cc1ccccc1F)C(=O)CN(c1ccc(OC)c(Cl)c1)S(=O)(=O)c1ccccc1. The summed E-state index contributed by atoms with van der Waals surface area (Å²) in [5, 5.41) is 3.00. The van der Waals surface area contributed by atoms with Crippen molar-refractivity contribution in [1.29, 1.82) is 0 Å². The lowest BCUT2D eigenvalue weighted by atomic mass is 10.0. The molecule has 2 amide bonds. The van der Waals surface area contributed by atoms with Gasteiger partial charge in [-0.1, -0.05) is 85.3 Å². The third-order valence-electron chi connectivity index (χ3n) is 7.15. The Bertz CT molecular complexity index is 1710. The van der Waals surface area contributed by atoms with Crippen molar-refractivity contribution in [3.63, 3.8) is 0 Å². The second-order valence-corrected chi connectivity index (χ2v) is 12.5. The van der Waals surface area contributed by atoms with E-state index in [9.17, 15) is 22.4 Å². The second-order valence-electron chi connectivity index (χ2n) is 10.3. The molecule has 4 rings (SSSR count). The molecule has 0 saturated carbocycles. The van der Waals surface area contributed by atoms with Crippen LogP contribution in [0.4, 0.5) is 10.1 Å². The summed E-state index contributed by atoms with van der Waals surface area (Å²) in [7, 11) is -2.88. The highest BCUT2D eigenvalue weighted by molar-refractivity contribution is 7.92. The monoisotopic (exact) mass is 651 g/mol. The van der Waals surface area contributed by atoms with Crippen LogP contribution in [0.15, 0.2) is 108 Å². The molecule has 0 spiro atoms. The van der Waals surface area contributed by atoms with Crippen molar-refractivity contribution in [2.75, 3.05) is 24.5 Å². The van der Waals surface area contributed by atoms with Crippen molar-refractivity contribution >= 4 is 39.1 Å². The Balaban J connectivity index is 1.82. The first-order valence-corrected chi connectivity index (χ1v) is 16.2. The van der Waals surface area contributed by atoms with Crippen molar-refractivity contribution < 1.29 is 27.1 Å². The largest absolute Gasteiger partial charge is 0.495 e. The van der Waals surface area contributed by atoms with Gasteiger partial charge in [0.2, 0.25) is 11.8 Å². The van der Waals surface area contributed by atoms with E-state index in [0.29, 0.717) is 18.7 Å². The fourth-order valence-corrected chi connectivity index (χ4v) is 6.47. The van der Waals surface area contributed by atoms with Crippen LogP contribution in [0, 0.1) is 5.82 Å². The minimum atomic E-state index is -4.31. The Labute approximate surface area is 268 Å². The van der Waals surface area contributed by atoms with Crippen molar-refractivity contribution in [3.05, 3.63) is 125 Å². The first-order chi connectivity index (χ1) is 21.6. The van der Waals surface area contributed by atoms with Gasteiger partial charge in [0.1, 0.15) is 24.2 Å². The highest BCUT2D eigenvalue weighted by Gasteiger charge is 2.35. The molecule has 11 heteroatoms. The summed E-state index contributed by atoms with van der Waals surface area (Å²) in [6.07, 6.45) is 0.781. The highest BCUT2D eigenvalue weighted by Crippen LogP contribution is 2.32. The van der Waals surface area contributed by atoms with Crippen LogP contribution in [0.5, 0.6) is 5.75 Å². The molecule has 0 saturated heterocycles. The third-order valence-corrected chi connectivity index (χ3v) is 9.24. The quantitative estimate of drug-likeness (QED) is 0.185. The van der Waals surface area contributed by atoms with Crippen LogP contribution in [0.2, 0.25) is 5.02 Å². The molecule has 0 bridgehead atoms. The number of carbonyl (C=O) groups is 2. The number of ether oxygens (including phenoxy) is 1. The molecule has 45 heavy (non-hydrogen) atoms. The number of sulfonamides is 1. The van der Waals surface area contributed by atoms with Crippen LogP contribution >= 0.6 is 11.6 Å². The number of benzene rings is 4. The zero-order valence-electron chi connectivity index (χ0n) is 25.0. The van der Waals surface area contributed by atoms with Gasteiger partial charge in [-0.05, 0) is 48.4 Å². The van der Waals surface area contributed by atoms with E-state index >= 15 is 0 Å². The molecule has 0 heterocycles. The molecule has 0 aliphatic rings. The van der Waals surface area contributed by atoms with Gasteiger partial charge >= 0.3 is 0 Å². The number of anilines is 1. The van der Waals surface area contributed by atoms with E-state index in [2.05, 4.69) is 5.32 Å². The fraction of sp³-hybridized carbons (Fsp3) is 0.235. The molecular formula is C34H35ClFN3O5S. The van der Waals surface area contributed by atoms with Crippen molar-refractivity contribution in [2.45, 2.75) is 37.2 Å². The molecule has 0 radical (unpaired) electrons. The summed E-state index contributed by atoms with van der Waals surface area (Å²) in [4.78, 5) is 29.2. The smallest absolute Gasteiger partial charge is 0.264 e. The molecule has 4 aromatic rings. The van der Waals surface area contributed by atoms with Crippen LogP contribution in [0.25, 0.3) is 0 Å². The Morgan fingerprint density at radius 1 is 0.933 bits per heavy atom. The summed E-state index contributed by atoms with van der Waals surface area (Å²) >= 11 is 6.39. The zero-order valence-corrected chi connectivity index (χ0v) is 26.6. The van der Waals surface area contributed by atoms with Crippen molar-refractivity contribution in [3.8, 4) is 5.75 Å². The fourth-order valence-electron chi connectivity index (χ4n) is 4.79. The standard InChI is InChI=1S/C34H35ClFN3O5S/c1-3-20-37-34(41)31(21-25-12-6-4-7-13-25)38(23-26-14-10-11-17-30(26)36)33(40)24-39(27-18-19-32(44-2)29(35)22-27)45(42,43)28-15-8-5-9-16-28/h4-19,22,31H,3,20-21,23-24H2,1-2H3,(H,37,41)/t31-/m0/s1. The Hall–Kier alpha value is -4.41. The topological polar surface area (TPSA) is 96.0 Å². The maximum absolute atomic E-state index is 15.0. The molecule has 0 aliphatic carbocycles. The van der Waals surface area contributed by atoms with Crippen LogP contribution < -0.4 is 14.4 Å². The molecule has 0 fully saturated rings. The number of hydrogen-bond acceptors (Lipinski definition) is 5. The van der Waals surface area contributed by atoms with E-state index in [-0.39, 0.29) is 34.1 Å². The van der Waals surface area contributed by atoms with E-state index in [1.165, 1.54) is 60.5 Å². The number of hydrogen-bond donors (Lipinski definition) is 1. The Kier molecular flexibility index (Phi) is 11.6. The van der Waals surface area contributed by atoms with Crippen LogP contribution in [-0.4, -0.2) is 51.4 Å². The van der Waals surface area contributed by atoms with E-state index in [4.69, 9.17) is 16.3 Å². The van der Waals surface area contributed by atoms with E-state index in [1.54, 1.807) is 24.3 Å². The minimum Gasteiger partial charge on any atom is -0.495 e. The lowest BCUT2D eigenvalue weighted by molar-refractivity contribution is -0.140. The van der Waals surface area contributed by atoms with Crippen LogP contribution in [0.3, 0.4) is 0 Å². The van der Waals surface area contributed by atoms with Gasteiger partial charge in [0.25, 0.3) is 10.0 Å². The number of halogens is 2. The highest BCUT2D eigenvalue weighted by atomic mass is 35.5. The molecule has 1 atom stereocenters. The van der Waals surface area contributed by atoms with Gasteiger partial charge < -0.3 is 15.0 Å². The summed E-state index contributed by atoms with van der Waals surface area (Å²) < 4.78 is 49.3. The van der Waals surface area contributed by atoms with Gasteiger partial charge in [-0.3, -0.25) is 13.9 Å². The molecule has 236 valence electrons. The normalized spacial score (nSPS) is 11.8. The van der Waals surface area contributed by atoms with Gasteiger partial charge in [-0.15, -0.1) is 0 Å².